The average molecular weight is 283 g/mol. The Balaban J connectivity index is 1.50. The van der Waals surface area contributed by atoms with E-state index in [0.29, 0.717) is 6.04 Å². The second kappa shape index (κ2) is 4.95. The predicted octanol–water partition coefficient (Wildman–Crippen LogP) is 2.75. The monoisotopic (exact) mass is 283 g/mol. The molecule has 3 aliphatic heterocycles. The second-order valence-electron chi connectivity index (χ2n) is 5.65. The van der Waals surface area contributed by atoms with Crippen molar-refractivity contribution in [2.45, 2.75) is 31.3 Å². The summed E-state index contributed by atoms with van der Waals surface area (Å²) in [6, 6.07) is 6.38. The molecule has 1 aromatic rings. The van der Waals surface area contributed by atoms with Gasteiger partial charge in [0, 0.05) is 12.1 Å². The van der Waals surface area contributed by atoms with Crippen LogP contribution in [0, 0.1) is 0 Å². The number of carbonyl (C=O) groups excluding carboxylic acids is 1. The summed E-state index contributed by atoms with van der Waals surface area (Å²) in [5, 5.41) is 0. The first-order valence-electron chi connectivity index (χ1n) is 7.38. The van der Waals surface area contributed by atoms with Gasteiger partial charge in [0.1, 0.15) is 0 Å². The smallest absolute Gasteiger partial charge is 0.247 e. The third-order valence-electron chi connectivity index (χ3n) is 4.38. The van der Waals surface area contributed by atoms with Gasteiger partial charge in [-0.2, -0.15) is 0 Å². The quantitative estimate of drug-likeness (QED) is 0.619. The molecular weight excluding hydrogens is 266 g/mol. The molecule has 1 aromatic carbocycles. The van der Waals surface area contributed by atoms with Crippen molar-refractivity contribution in [3.8, 4) is 11.5 Å². The van der Waals surface area contributed by atoms with Gasteiger partial charge >= 0.3 is 0 Å². The first-order valence-corrected chi connectivity index (χ1v) is 7.38. The Hall–Kier alpha value is -2.23. The van der Waals surface area contributed by atoms with E-state index in [0.717, 1.165) is 36.3 Å². The normalized spacial score (nSPS) is 25.8. The zero-order chi connectivity index (χ0) is 14.2. The summed E-state index contributed by atoms with van der Waals surface area (Å²) in [6.07, 6.45) is 11.1. The Bertz CT molecular complexity index is 635. The SMILES string of the molecule is O=C(/C=C/c1ccc2c(c1)OCO2)N1C2C=CCC1CC2. The highest BCUT2D eigenvalue weighted by molar-refractivity contribution is 5.92. The Morgan fingerprint density at radius 1 is 1.24 bits per heavy atom. The van der Waals surface area contributed by atoms with Crippen LogP contribution < -0.4 is 9.47 Å². The lowest BCUT2D eigenvalue weighted by molar-refractivity contribution is -0.128. The highest BCUT2D eigenvalue weighted by Crippen LogP contribution is 2.33. The molecule has 3 aliphatic rings. The minimum atomic E-state index is 0.101. The van der Waals surface area contributed by atoms with Crippen molar-refractivity contribution in [1.82, 2.24) is 4.90 Å². The fourth-order valence-electron chi connectivity index (χ4n) is 3.34. The second-order valence-corrected chi connectivity index (χ2v) is 5.65. The average Bonchev–Trinajstić information content (AvgIpc) is 3.06. The van der Waals surface area contributed by atoms with Gasteiger partial charge in [0.25, 0.3) is 0 Å². The van der Waals surface area contributed by atoms with Crippen LogP contribution in [0.4, 0.5) is 0 Å². The van der Waals surface area contributed by atoms with Crippen LogP contribution in [0.15, 0.2) is 36.4 Å². The molecule has 1 fully saturated rings. The number of ether oxygens (including phenoxy) is 2. The van der Waals surface area contributed by atoms with E-state index in [4.69, 9.17) is 9.47 Å². The lowest BCUT2D eigenvalue weighted by Gasteiger charge is -2.30. The van der Waals surface area contributed by atoms with Gasteiger partial charge in [-0.1, -0.05) is 18.2 Å². The minimum absolute atomic E-state index is 0.101. The number of hydrogen-bond donors (Lipinski definition) is 0. The molecule has 0 saturated carbocycles. The summed E-state index contributed by atoms with van der Waals surface area (Å²) < 4.78 is 10.6. The van der Waals surface area contributed by atoms with Crippen LogP contribution in [0.25, 0.3) is 6.08 Å². The van der Waals surface area contributed by atoms with E-state index in [1.54, 1.807) is 6.08 Å². The maximum absolute atomic E-state index is 12.4. The molecule has 0 aliphatic carbocycles. The van der Waals surface area contributed by atoms with Gasteiger partial charge in [0.15, 0.2) is 11.5 Å². The Kier molecular flexibility index (Phi) is 2.95. The first kappa shape index (κ1) is 12.5. The molecular formula is C17H17NO3. The van der Waals surface area contributed by atoms with Gasteiger partial charge in [-0.3, -0.25) is 4.79 Å². The molecule has 2 bridgehead atoms. The Morgan fingerprint density at radius 2 is 2.14 bits per heavy atom. The van der Waals surface area contributed by atoms with Gasteiger partial charge in [0.05, 0.1) is 6.04 Å². The molecule has 4 nitrogen and oxygen atoms in total. The summed E-state index contributed by atoms with van der Waals surface area (Å²) in [5.74, 6) is 1.60. The fourth-order valence-corrected chi connectivity index (χ4v) is 3.34. The van der Waals surface area contributed by atoms with E-state index in [9.17, 15) is 4.79 Å². The largest absolute Gasteiger partial charge is 0.454 e. The highest BCUT2D eigenvalue weighted by atomic mass is 16.7. The lowest BCUT2D eigenvalue weighted by atomic mass is 10.1. The van der Waals surface area contributed by atoms with Crippen molar-refractivity contribution in [2.24, 2.45) is 0 Å². The van der Waals surface area contributed by atoms with E-state index in [-0.39, 0.29) is 18.7 Å². The van der Waals surface area contributed by atoms with Crippen molar-refractivity contribution >= 4 is 12.0 Å². The maximum atomic E-state index is 12.4. The highest BCUT2D eigenvalue weighted by Gasteiger charge is 2.35. The third kappa shape index (κ3) is 2.20. The number of benzene rings is 1. The maximum Gasteiger partial charge on any atom is 0.247 e. The van der Waals surface area contributed by atoms with E-state index < -0.39 is 0 Å². The Morgan fingerprint density at radius 3 is 3.05 bits per heavy atom. The molecule has 1 saturated heterocycles. The fraction of sp³-hybridized carbons (Fsp3) is 0.353. The van der Waals surface area contributed by atoms with Gasteiger partial charge in [-0.15, -0.1) is 0 Å². The molecule has 0 radical (unpaired) electrons. The van der Waals surface area contributed by atoms with Crippen molar-refractivity contribution in [3.05, 3.63) is 42.0 Å². The third-order valence-corrected chi connectivity index (χ3v) is 4.38. The van der Waals surface area contributed by atoms with Crippen LogP contribution >= 0.6 is 0 Å². The zero-order valence-corrected chi connectivity index (χ0v) is 11.7. The van der Waals surface area contributed by atoms with Gasteiger partial charge in [0.2, 0.25) is 12.7 Å². The molecule has 0 spiro atoms. The summed E-state index contributed by atoms with van der Waals surface area (Å²) in [7, 11) is 0. The zero-order valence-electron chi connectivity index (χ0n) is 11.7. The minimum Gasteiger partial charge on any atom is -0.454 e. The molecule has 4 heteroatoms. The molecule has 21 heavy (non-hydrogen) atoms. The van der Waals surface area contributed by atoms with Crippen molar-refractivity contribution in [2.75, 3.05) is 6.79 Å². The summed E-state index contributed by atoms with van der Waals surface area (Å²) in [6.45, 7) is 0.269. The van der Waals surface area contributed by atoms with E-state index in [1.807, 2.05) is 29.2 Å². The van der Waals surface area contributed by atoms with Gasteiger partial charge in [-0.25, -0.2) is 0 Å². The van der Waals surface area contributed by atoms with Gasteiger partial charge < -0.3 is 14.4 Å². The number of fused-ring (bicyclic) bond motifs is 3. The Labute approximate surface area is 123 Å². The van der Waals surface area contributed by atoms with E-state index >= 15 is 0 Å². The van der Waals surface area contributed by atoms with Gasteiger partial charge in [-0.05, 0) is 43.0 Å². The van der Waals surface area contributed by atoms with E-state index in [2.05, 4.69) is 12.2 Å². The molecule has 0 N–H and O–H groups in total. The van der Waals surface area contributed by atoms with Crippen LogP contribution in [0.1, 0.15) is 24.8 Å². The number of amides is 1. The molecule has 2 atom stereocenters. The number of nitrogens with zero attached hydrogens (tertiary/aromatic N) is 1. The van der Waals surface area contributed by atoms with Crippen molar-refractivity contribution in [3.63, 3.8) is 0 Å². The van der Waals surface area contributed by atoms with Crippen LogP contribution in [-0.4, -0.2) is 29.7 Å². The molecule has 2 unspecified atom stereocenters. The number of rotatable bonds is 2. The topological polar surface area (TPSA) is 38.8 Å². The molecule has 3 heterocycles. The lowest BCUT2D eigenvalue weighted by Crippen LogP contribution is -2.41. The number of carbonyl (C=O) groups is 1. The van der Waals surface area contributed by atoms with E-state index in [1.165, 1.54) is 0 Å². The molecule has 4 rings (SSSR count). The van der Waals surface area contributed by atoms with Crippen molar-refractivity contribution < 1.29 is 14.3 Å². The molecule has 1 amide bonds. The molecule has 108 valence electrons. The summed E-state index contributed by atoms with van der Waals surface area (Å²) in [5.41, 5.74) is 0.951. The van der Waals surface area contributed by atoms with Crippen LogP contribution in [0.3, 0.4) is 0 Å². The first-order chi connectivity index (χ1) is 10.3. The standard InChI is InChI=1S/C17H17NO3/c19-17(18-13-2-1-3-14(18)7-6-13)9-5-12-4-8-15-16(10-12)21-11-20-15/h1-2,4-5,8-10,13-14H,3,6-7,11H2/b9-5+. The summed E-state index contributed by atoms with van der Waals surface area (Å²) in [4.78, 5) is 14.4. The summed E-state index contributed by atoms with van der Waals surface area (Å²) >= 11 is 0. The van der Waals surface area contributed by atoms with Crippen LogP contribution in [-0.2, 0) is 4.79 Å². The van der Waals surface area contributed by atoms with Crippen LogP contribution in [0.5, 0.6) is 11.5 Å². The van der Waals surface area contributed by atoms with Crippen LogP contribution in [0.2, 0.25) is 0 Å². The number of hydrogen-bond acceptors (Lipinski definition) is 3. The van der Waals surface area contributed by atoms with Crippen molar-refractivity contribution in [1.29, 1.82) is 0 Å². The molecule has 0 aromatic heterocycles. The predicted molar refractivity (Wildman–Crippen MR) is 79.0 cm³/mol.